The van der Waals surface area contributed by atoms with Gasteiger partial charge in [0, 0.05) is 15.8 Å². The van der Waals surface area contributed by atoms with Gasteiger partial charge in [0.1, 0.15) is 5.75 Å². The predicted octanol–water partition coefficient (Wildman–Crippen LogP) is 4.98. The van der Waals surface area contributed by atoms with Crippen LogP contribution in [0.4, 0.5) is 0 Å². The molecule has 4 nitrogen and oxygen atoms in total. The standard InChI is InChI=1S/C17H15BrN2O2S/c1-12-4-2-5-13(10-12)16-19-20-17(22-16)23-9-8-21-15-7-3-6-14(18)11-15/h2-7,10-11H,8-9H2,1H3. The molecule has 0 unspecified atom stereocenters. The number of aromatic nitrogens is 2. The van der Waals surface area contributed by atoms with Gasteiger partial charge in [0.2, 0.25) is 5.89 Å². The highest BCUT2D eigenvalue weighted by atomic mass is 79.9. The Morgan fingerprint density at radius 1 is 1.13 bits per heavy atom. The molecule has 2 aromatic carbocycles. The molecule has 0 aliphatic heterocycles. The molecule has 0 atom stereocenters. The summed E-state index contributed by atoms with van der Waals surface area (Å²) in [6.45, 7) is 2.61. The second-order valence-electron chi connectivity index (χ2n) is 4.90. The predicted molar refractivity (Wildman–Crippen MR) is 94.8 cm³/mol. The molecule has 0 N–H and O–H groups in total. The van der Waals surface area contributed by atoms with Crippen molar-refractivity contribution < 1.29 is 9.15 Å². The van der Waals surface area contributed by atoms with Crippen molar-refractivity contribution in [3.8, 4) is 17.2 Å². The molecule has 0 spiro atoms. The molecular weight excluding hydrogens is 376 g/mol. The number of halogens is 1. The Labute approximate surface area is 147 Å². The molecule has 0 saturated carbocycles. The van der Waals surface area contributed by atoms with E-state index in [0.717, 1.165) is 27.1 Å². The number of rotatable bonds is 6. The third kappa shape index (κ3) is 4.59. The van der Waals surface area contributed by atoms with Crippen LogP contribution in [0.3, 0.4) is 0 Å². The van der Waals surface area contributed by atoms with E-state index in [1.807, 2.05) is 55.5 Å². The van der Waals surface area contributed by atoms with Gasteiger partial charge in [0.15, 0.2) is 0 Å². The summed E-state index contributed by atoms with van der Waals surface area (Å²) in [5, 5.41) is 8.71. The first-order valence-electron chi connectivity index (χ1n) is 7.12. The number of ether oxygens (including phenoxy) is 1. The van der Waals surface area contributed by atoms with Crippen LogP contribution in [0.15, 0.2) is 62.6 Å². The minimum absolute atomic E-state index is 0.545. The monoisotopic (exact) mass is 390 g/mol. The van der Waals surface area contributed by atoms with Crippen LogP contribution in [0, 0.1) is 6.92 Å². The van der Waals surface area contributed by atoms with Crippen LogP contribution in [0.1, 0.15) is 5.56 Å². The SMILES string of the molecule is Cc1cccc(-c2nnc(SCCOc3cccc(Br)c3)o2)c1. The number of aryl methyl sites for hydroxylation is 1. The molecule has 0 radical (unpaired) electrons. The highest BCUT2D eigenvalue weighted by Crippen LogP contribution is 2.24. The lowest BCUT2D eigenvalue weighted by atomic mass is 10.1. The maximum Gasteiger partial charge on any atom is 0.276 e. The average molecular weight is 391 g/mol. The molecule has 0 saturated heterocycles. The second kappa shape index (κ2) is 7.66. The quantitative estimate of drug-likeness (QED) is 0.438. The van der Waals surface area contributed by atoms with Crippen LogP contribution < -0.4 is 4.74 Å². The summed E-state index contributed by atoms with van der Waals surface area (Å²) in [7, 11) is 0. The number of nitrogens with zero attached hydrogens (tertiary/aromatic N) is 2. The van der Waals surface area contributed by atoms with Crippen molar-refractivity contribution in [1.29, 1.82) is 0 Å². The summed E-state index contributed by atoms with van der Waals surface area (Å²) in [5.74, 6) is 2.12. The largest absolute Gasteiger partial charge is 0.493 e. The maximum absolute atomic E-state index is 5.68. The van der Waals surface area contributed by atoms with Crippen molar-refractivity contribution in [3.05, 3.63) is 58.6 Å². The lowest BCUT2D eigenvalue weighted by molar-refractivity contribution is 0.343. The van der Waals surface area contributed by atoms with E-state index in [4.69, 9.17) is 9.15 Å². The van der Waals surface area contributed by atoms with E-state index in [9.17, 15) is 0 Å². The van der Waals surface area contributed by atoms with Crippen molar-refractivity contribution in [3.63, 3.8) is 0 Å². The molecule has 118 valence electrons. The molecule has 3 rings (SSSR count). The van der Waals surface area contributed by atoms with Gasteiger partial charge in [-0.2, -0.15) is 0 Å². The first-order valence-corrected chi connectivity index (χ1v) is 8.90. The zero-order valence-corrected chi connectivity index (χ0v) is 14.9. The van der Waals surface area contributed by atoms with Crippen molar-refractivity contribution in [2.45, 2.75) is 12.1 Å². The van der Waals surface area contributed by atoms with E-state index >= 15 is 0 Å². The number of hydrogen-bond acceptors (Lipinski definition) is 5. The Balaban J connectivity index is 1.51. The van der Waals surface area contributed by atoms with Gasteiger partial charge >= 0.3 is 0 Å². The lowest BCUT2D eigenvalue weighted by Crippen LogP contribution is -1.99. The van der Waals surface area contributed by atoms with E-state index in [0.29, 0.717) is 17.7 Å². The smallest absolute Gasteiger partial charge is 0.276 e. The third-order valence-corrected chi connectivity index (χ3v) is 4.32. The summed E-state index contributed by atoms with van der Waals surface area (Å²) in [6, 6.07) is 15.8. The van der Waals surface area contributed by atoms with Crippen molar-refractivity contribution in [2.75, 3.05) is 12.4 Å². The van der Waals surface area contributed by atoms with E-state index in [2.05, 4.69) is 26.1 Å². The van der Waals surface area contributed by atoms with Crippen molar-refractivity contribution in [2.24, 2.45) is 0 Å². The molecule has 6 heteroatoms. The average Bonchev–Trinajstić information content (AvgIpc) is 3.01. The molecule has 0 amide bonds. The van der Waals surface area contributed by atoms with Crippen LogP contribution in [0.5, 0.6) is 5.75 Å². The van der Waals surface area contributed by atoms with Crippen molar-refractivity contribution >= 4 is 27.7 Å². The van der Waals surface area contributed by atoms with Crippen LogP contribution in [0.25, 0.3) is 11.5 Å². The van der Waals surface area contributed by atoms with E-state index in [1.54, 1.807) is 0 Å². The highest BCUT2D eigenvalue weighted by molar-refractivity contribution is 9.10. The summed E-state index contributed by atoms with van der Waals surface area (Å²) < 4.78 is 12.4. The fourth-order valence-corrected chi connectivity index (χ4v) is 2.96. The number of thioether (sulfide) groups is 1. The normalized spacial score (nSPS) is 10.7. The summed E-state index contributed by atoms with van der Waals surface area (Å²) in [5.41, 5.74) is 2.10. The molecule has 0 fully saturated rings. The molecule has 0 aliphatic rings. The zero-order valence-electron chi connectivity index (χ0n) is 12.5. The number of hydrogen-bond donors (Lipinski definition) is 0. The van der Waals surface area contributed by atoms with Gasteiger partial charge in [0.05, 0.1) is 6.61 Å². The molecule has 0 bridgehead atoms. The zero-order chi connectivity index (χ0) is 16.1. The topological polar surface area (TPSA) is 48.2 Å². The summed E-state index contributed by atoms with van der Waals surface area (Å²) in [6.07, 6.45) is 0. The minimum atomic E-state index is 0.545. The lowest BCUT2D eigenvalue weighted by Gasteiger charge is -2.04. The Morgan fingerprint density at radius 2 is 2.00 bits per heavy atom. The van der Waals surface area contributed by atoms with Gasteiger partial charge in [-0.25, -0.2) is 0 Å². The molecular formula is C17H15BrN2O2S. The van der Waals surface area contributed by atoms with Gasteiger partial charge < -0.3 is 9.15 Å². The molecule has 23 heavy (non-hydrogen) atoms. The van der Waals surface area contributed by atoms with E-state index < -0.39 is 0 Å². The van der Waals surface area contributed by atoms with Gasteiger partial charge in [-0.1, -0.05) is 51.5 Å². The second-order valence-corrected chi connectivity index (χ2v) is 6.86. The first kappa shape index (κ1) is 16.1. The van der Waals surface area contributed by atoms with E-state index in [-0.39, 0.29) is 0 Å². The maximum atomic E-state index is 5.68. The van der Waals surface area contributed by atoms with Gasteiger partial charge in [-0.3, -0.25) is 0 Å². The van der Waals surface area contributed by atoms with Crippen molar-refractivity contribution in [1.82, 2.24) is 10.2 Å². The van der Waals surface area contributed by atoms with Gasteiger partial charge in [-0.05, 0) is 37.3 Å². The Morgan fingerprint density at radius 3 is 2.83 bits per heavy atom. The Kier molecular flexibility index (Phi) is 5.35. The van der Waals surface area contributed by atoms with Crippen LogP contribution in [-0.2, 0) is 0 Å². The fraction of sp³-hybridized carbons (Fsp3) is 0.176. The molecule has 3 aromatic rings. The fourth-order valence-electron chi connectivity index (χ4n) is 2.01. The van der Waals surface area contributed by atoms with Crippen LogP contribution in [-0.4, -0.2) is 22.6 Å². The van der Waals surface area contributed by atoms with Crippen LogP contribution in [0.2, 0.25) is 0 Å². The Hall–Kier alpha value is -1.79. The summed E-state index contributed by atoms with van der Waals surface area (Å²) >= 11 is 4.91. The van der Waals surface area contributed by atoms with Gasteiger partial charge in [-0.15, -0.1) is 10.2 Å². The van der Waals surface area contributed by atoms with Crippen LogP contribution >= 0.6 is 27.7 Å². The van der Waals surface area contributed by atoms with Gasteiger partial charge in [0.25, 0.3) is 5.22 Å². The third-order valence-electron chi connectivity index (χ3n) is 3.05. The number of benzene rings is 2. The molecule has 0 aliphatic carbocycles. The molecule has 1 heterocycles. The van der Waals surface area contributed by atoms with E-state index in [1.165, 1.54) is 11.8 Å². The first-order chi connectivity index (χ1) is 11.2. The molecule has 1 aromatic heterocycles. The minimum Gasteiger partial charge on any atom is -0.493 e. The summed E-state index contributed by atoms with van der Waals surface area (Å²) in [4.78, 5) is 0. The highest BCUT2D eigenvalue weighted by Gasteiger charge is 2.09. The Bertz CT molecular complexity index is 792.